The van der Waals surface area contributed by atoms with E-state index in [0.717, 1.165) is 41.6 Å². The van der Waals surface area contributed by atoms with E-state index in [4.69, 9.17) is 9.40 Å². The number of hydrogen-bond donors (Lipinski definition) is 1. The highest BCUT2D eigenvalue weighted by molar-refractivity contribution is 7.18. The summed E-state index contributed by atoms with van der Waals surface area (Å²) >= 11 is 1.62. The molecule has 4 aromatic rings. The molecule has 1 aliphatic rings. The Labute approximate surface area is 177 Å². The van der Waals surface area contributed by atoms with Crippen LogP contribution in [-0.4, -0.2) is 15.5 Å². The summed E-state index contributed by atoms with van der Waals surface area (Å²) in [6, 6.07) is 13.1. The van der Waals surface area contributed by atoms with Crippen molar-refractivity contribution in [3.8, 4) is 11.4 Å². The number of amides is 1. The number of aryl methyl sites for hydroxylation is 2. The molecule has 0 saturated heterocycles. The first-order valence-electron chi connectivity index (χ1n) is 10.1. The average molecular weight is 420 g/mol. The number of nitrogens with one attached hydrogen (secondary N) is 1. The Kier molecular flexibility index (Phi) is 4.96. The van der Waals surface area contributed by atoms with E-state index < -0.39 is 0 Å². The van der Waals surface area contributed by atoms with Gasteiger partial charge in [0.15, 0.2) is 0 Å². The van der Waals surface area contributed by atoms with E-state index in [0.29, 0.717) is 17.0 Å². The number of rotatable bonds is 5. The highest BCUT2D eigenvalue weighted by Crippen LogP contribution is 2.34. The van der Waals surface area contributed by atoms with Gasteiger partial charge < -0.3 is 9.73 Å². The van der Waals surface area contributed by atoms with Crippen LogP contribution in [0.15, 0.2) is 57.9 Å². The molecule has 7 heteroatoms. The summed E-state index contributed by atoms with van der Waals surface area (Å²) in [6.07, 6.45) is 5.70. The summed E-state index contributed by atoms with van der Waals surface area (Å²) in [4.78, 5) is 33.1. The Morgan fingerprint density at radius 2 is 1.97 bits per heavy atom. The molecule has 1 aromatic carbocycles. The molecule has 0 bridgehead atoms. The summed E-state index contributed by atoms with van der Waals surface area (Å²) in [6.45, 7) is 0.197. The second kappa shape index (κ2) is 7.91. The number of fused-ring (bicyclic) bond motifs is 3. The van der Waals surface area contributed by atoms with Gasteiger partial charge in [0.25, 0.3) is 5.56 Å². The van der Waals surface area contributed by atoms with Gasteiger partial charge in [-0.1, -0.05) is 30.3 Å². The Balaban J connectivity index is 1.58. The third-order valence-electron chi connectivity index (χ3n) is 5.45. The van der Waals surface area contributed by atoms with Gasteiger partial charge in [-0.05, 0) is 43.4 Å². The molecule has 1 aliphatic carbocycles. The first-order valence-corrected chi connectivity index (χ1v) is 10.9. The van der Waals surface area contributed by atoms with Gasteiger partial charge >= 0.3 is 0 Å². The van der Waals surface area contributed by atoms with Gasteiger partial charge in [0.1, 0.15) is 23.0 Å². The van der Waals surface area contributed by atoms with Gasteiger partial charge in [-0.15, -0.1) is 11.3 Å². The van der Waals surface area contributed by atoms with Crippen molar-refractivity contribution in [2.45, 2.75) is 38.8 Å². The zero-order chi connectivity index (χ0) is 20.5. The monoisotopic (exact) mass is 419 g/mol. The normalized spacial score (nSPS) is 13.3. The number of nitrogens with zero attached hydrogens (tertiary/aromatic N) is 2. The molecule has 0 atom stereocenters. The van der Waals surface area contributed by atoms with Crippen molar-refractivity contribution in [2.75, 3.05) is 0 Å². The molecule has 0 fully saturated rings. The van der Waals surface area contributed by atoms with Crippen molar-refractivity contribution in [3.63, 3.8) is 0 Å². The fraction of sp³-hybridized carbons (Fsp3) is 0.261. The van der Waals surface area contributed by atoms with Crippen LogP contribution in [0, 0.1) is 0 Å². The minimum Gasteiger partial charge on any atom is -0.467 e. The topological polar surface area (TPSA) is 77.1 Å². The van der Waals surface area contributed by atoms with Crippen molar-refractivity contribution in [3.05, 3.63) is 75.3 Å². The summed E-state index contributed by atoms with van der Waals surface area (Å²) in [5.41, 5.74) is 1.82. The van der Waals surface area contributed by atoms with Crippen LogP contribution in [0.2, 0.25) is 0 Å². The van der Waals surface area contributed by atoms with E-state index in [1.54, 1.807) is 29.7 Å². The Morgan fingerprint density at radius 3 is 2.77 bits per heavy atom. The molecule has 1 N–H and O–H groups in total. The second-order valence-electron chi connectivity index (χ2n) is 7.44. The summed E-state index contributed by atoms with van der Waals surface area (Å²) in [5.74, 6) is 0.940. The first kappa shape index (κ1) is 18.8. The number of hydrogen-bond acceptors (Lipinski definition) is 5. The van der Waals surface area contributed by atoms with Crippen molar-refractivity contribution >= 4 is 27.5 Å². The molecule has 152 valence electrons. The highest BCUT2D eigenvalue weighted by Gasteiger charge is 2.23. The number of thiophene rings is 1. The summed E-state index contributed by atoms with van der Waals surface area (Å²) < 4.78 is 6.78. The number of furan rings is 1. The number of carbonyl (C=O) groups is 1. The lowest BCUT2D eigenvalue weighted by atomic mass is 9.97. The van der Waals surface area contributed by atoms with E-state index >= 15 is 0 Å². The van der Waals surface area contributed by atoms with Crippen LogP contribution in [0.5, 0.6) is 0 Å². The van der Waals surface area contributed by atoms with Crippen molar-refractivity contribution in [2.24, 2.45) is 0 Å². The molecule has 0 spiro atoms. The fourth-order valence-corrected chi connectivity index (χ4v) is 5.24. The van der Waals surface area contributed by atoms with Crippen LogP contribution in [0.1, 0.15) is 29.0 Å². The van der Waals surface area contributed by atoms with Gasteiger partial charge in [-0.3, -0.25) is 14.2 Å². The fourth-order valence-electron chi connectivity index (χ4n) is 3.99. The highest BCUT2D eigenvalue weighted by atomic mass is 32.1. The lowest BCUT2D eigenvalue weighted by molar-refractivity contribution is -0.121. The van der Waals surface area contributed by atoms with Gasteiger partial charge in [0, 0.05) is 10.4 Å². The molecule has 6 nitrogen and oxygen atoms in total. The predicted octanol–water partition coefficient (Wildman–Crippen LogP) is 3.91. The van der Waals surface area contributed by atoms with E-state index in [1.807, 2.05) is 30.3 Å². The van der Waals surface area contributed by atoms with Crippen molar-refractivity contribution in [1.29, 1.82) is 0 Å². The zero-order valence-electron chi connectivity index (χ0n) is 16.4. The molecule has 0 radical (unpaired) electrons. The van der Waals surface area contributed by atoms with Gasteiger partial charge in [0.2, 0.25) is 5.91 Å². The zero-order valence-corrected chi connectivity index (χ0v) is 17.2. The molecular weight excluding hydrogens is 398 g/mol. The molecule has 0 unspecified atom stereocenters. The lowest BCUT2D eigenvalue weighted by Crippen LogP contribution is -2.33. The van der Waals surface area contributed by atoms with Crippen LogP contribution < -0.4 is 10.9 Å². The van der Waals surface area contributed by atoms with Gasteiger partial charge in [-0.25, -0.2) is 4.98 Å². The molecular formula is C23H21N3O3S. The van der Waals surface area contributed by atoms with Gasteiger partial charge in [0.05, 0.1) is 18.2 Å². The average Bonchev–Trinajstić information content (AvgIpc) is 3.42. The smallest absolute Gasteiger partial charge is 0.263 e. The lowest BCUT2D eigenvalue weighted by Gasteiger charge is -2.14. The molecule has 5 rings (SSSR count). The molecule has 0 saturated carbocycles. The third kappa shape index (κ3) is 3.45. The number of benzene rings is 1. The maximum atomic E-state index is 13.6. The second-order valence-corrected chi connectivity index (χ2v) is 8.52. The maximum absolute atomic E-state index is 13.6. The third-order valence-corrected chi connectivity index (χ3v) is 6.63. The van der Waals surface area contributed by atoms with Crippen LogP contribution in [-0.2, 0) is 30.7 Å². The standard InChI is InChI=1S/C23H21N3O3S/c27-19(24-13-16-9-6-12-29-16)14-26-21(15-7-2-1-3-8-15)25-22-20(23(26)28)17-10-4-5-11-18(17)30-22/h1-3,6-9,12H,4-5,10-11,13-14H2,(H,24,27). The van der Waals surface area contributed by atoms with Crippen LogP contribution in [0.25, 0.3) is 21.6 Å². The molecule has 3 heterocycles. The van der Waals surface area contributed by atoms with E-state index in [9.17, 15) is 9.59 Å². The maximum Gasteiger partial charge on any atom is 0.263 e. The molecule has 30 heavy (non-hydrogen) atoms. The Morgan fingerprint density at radius 1 is 1.13 bits per heavy atom. The van der Waals surface area contributed by atoms with Crippen LogP contribution >= 0.6 is 11.3 Å². The van der Waals surface area contributed by atoms with Crippen LogP contribution in [0.3, 0.4) is 0 Å². The van der Waals surface area contributed by atoms with E-state index in [1.165, 1.54) is 9.44 Å². The quantitative estimate of drug-likeness (QED) is 0.532. The van der Waals surface area contributed by atoms with Crippen LogP contribution in [0.4, 0.5) is 0 Å². The molecule has 0 aliphatic heterocycles. The van der Waals surface area contributed by atoms with Gasteiger partial charge in [-0.2, -0.15) is 0 Å². The van der Waals surface area contributed by atoms with E-state index in [-0.39, 0.29) is 24.6 Å². The van der Waals surface area contributed by atoms with Crippen molar-refractivity contribution in [1.82, 2.24) is 14.9 Å². The van der Waals surface area contributed by atoms with E-state index in [2.05, 4.69) is 5.32 Å². The SMILES string of the molecule is O=C(Cn1c(-c2ccccc2)nc2sc3c(c2c1=O)CCCC3)NCc1ccco1. The Hall–Kier alpha value is -3.19. The molecule has 3 aromatic heterocycles. The minimum absolute atomic E-state index is 0.0860. The minimum atomic E-state index is -0.254. The Bertz CT molecular complexity index is 1260. The summed E-state index contributed by atoms with van der Waals surface area (Å²) in [5, 5.41) is 3.51. The number of aromatic nitrogens is 2. The first-order chi connectivity index (χ1) is 14.7. The van der Waals surface area contributed by atoms with Crippen molar-refractivity contribution < 1.29 is 9.21 Å². The molecule has 1 amide bonds. The summed E-state index contributed by atoms with van der Waals surface area (Å²) in [7, 11) is 0. The largest absolute Gasteiger partial charge is 0.467 e. The number of carbonyl (C=O) groups excluding carboxylic acids is 1. The predicted molar refractivity (Wildman–Crippen MR) is 117 cm³/mol.